The van der Waals surface area contributed by atoms with Crippen molar-refractivity contribution in [1.29, 1.82) is 0 Å². The molecule has 1 aromatic heterocycles. The zero-order valence-corrected chi connectivity index (χ0v) is 54.3. The summed E-state index contributed by atoms with van der Waals surface area (Å²) in [6, 6.07) is 81.9. The Labute approximate surface area is 514 Å². The fourth-order valence-corrected chi connectivity index (χ4v) is 17.9. The van der Waals surface area contributed by atoms with E-state index < -0.39 is 8.07 Å². The minimum atomic E-state index is -2.95. The van der Waals surface area contributed by atoms with Gasteiger partial charge in [0.2, 0.25) is 0 Å². The monoisotopic (exact) mass is 1140 g/mol. The summed E-state index contributed by atoms with van der Waals surface area (Å²) < 4.78 is 7.22. The molecule has 434 valence electrons. The van der Waals surface area contributed by atoms with E-state index in [9.17, 15) is 0 Å². The quantitative estimate of drug-likeness (QED) is 0.135. The van der Waals surface area contributed by atoms with Crippen molar-refractivity contribution in [2.24, 2.45) is 0 Å². The molecule has 0 bridgehead atoms. The van der Waals surface area contributed by atoms with Crippen LogP contribution in [0, 0.1) is 0 Å². The molecule has 9 aromatic carbocycles. The normalized spacial score (nSPS) is 14.2. The summed E-state index contributed by atoms with van der Waals surface area (Å²) in [6.07, 6.45) is 1.97. The first-order chi connectivity index (χ1) is 40.8. The molecule has 0 fully saturated rings. The van der Waals surface area contributed by atoms with E-state index in [-0.39, 0.29) is 27.1 Å². The van der Waals surface area contributed by atoms with E-state index in [0.29, 0.717) is 6.67 Å². The van der Waals surface area contributed by atoms with E-state index in [2.05, 4.69) is 337 Å². The number of hydrogen-bond acceptors (Lipinski definition) is 5. The molecular formula is C80H84N4OSi. The molecule has 2 aliphatic heterocycles. The molecule has 0 amide bonds. The zero-order chi connectivity index (χ0) is 60.7. The third-order valence-corrected chi connectivity index (χ3v) is 22.7. The van der Waals surface area contributed by atoms with E-state index in [1.165, 1.54) is 76.5 Å². The Morgan fingerprint density at radius 2 is 0.849 bits per heavy atom. The maximum Gasteiger partial charge on any atom is 0.184 e. The average Bonchev–Trinajstić information content (AvgIpc) is 0.782. The summed E-state index contributed by atoms with van der Waals surface area (Å²) in [4.78, 5) is 12.6. The van der Waals surface area contributed by atoms with Crippen LogP contribution >= 0.6 is 0 Å². The average molecular weight is 1150 g/mol. The summed E-state index contributed by atoms with van der Waals surface area (Å²) in [7, 11) is -2.95. The Bertz CT molecular complexity index is 4100. The SMILES string of the molecule is CC(C)(C)c1cccc(-c2cc(C(C)(C)C)cc(-c3cc(C(C)(C)C)cc(C(C)(C)C)c3)c2N2CN(c3cccc(Oc4ccc5c(c4)N(c4cc(C(C)(C)C)ccn4)c4ccccc4[Si]5(c4ccccc4)c4ccccc4)c3)c3ccccc32)c1. The largest absolute Gasteiger partial charge is 0.457 e. The Hall–Kier alpha value is -8.45. The molecule has 0 atom stereocenters. The Morgan fingerprint density at radius 1 is 0.360 bits per heavy atom. The first-order valence-corrected chi connectivity index (χ1v) is 32.8. The molecule has 5 nitrogen and oxygen atoms in total. The van der Waals surface area contributed by atoms with Crippen molar-refractivity contribution in [3.8, 4) is 33.8 Å². The van der Waals surface area contributed by atoms with Gasteiger partial charge < -0.3 is 14.5 Å². The molecule has 10 aromatic rings. The lowest BCUT2D eigenvalue weighted by atomic mass is 9.77. The van der Waals surface area contributed by atoms with Crippen molar-refractivity contribution in [1.82, 2.24) is 4.98 Å². The molecule has 2 aliphatic rings. The van der Waals surface area contributed by atoms with E-state index >= 15 is 0 Å². The lowest BCUT2D eigenvalue weighted by Crippen LogP contribution is -2.77. The molecule has 3 heterocycles. The highest BCUT2D eigenvalue weighted by Gasteiger charge is 2.49. The number of benzene rings is 9. The molecule has 0 radical (unpaired) electrons. The van der Waals surface area contributed by atoms with E-state index in [1.807, 2.05) is 6.20 Å². The van der Waals surface area contributed by atoms with Crippen LogP contribution in [0.1, 0.15) is 132 Å². The van der Waals surface area contributed by atoms with Gasteiger partial charge in [-0.05, 0) is 147 Å². The van der Waals surface area contributed by atoms with Gasteiger partial charge in [-0.2, -0.15) is 0 Å². The van der Waals surface area contributed by atoms with Gasteiger partial charge in [0.15, 0.2) is 8.07 Å². The number of para-hydroxylation sites is 3. The summed E-state index contributed by atoms with van der Waals surface area (Å²) in [5.41, 5.74) is 17.8. The van der Waals surface area contributed by atoms with Crippen molar-refractivity contribution < 1.29 is 4.74 Å². The van der Waals surface area contributed by atoms with Crippen molar-refractivity contribution in [2.75, 3.05) is 21.4 Å². The first-order valence-electron chi connectivity index (χ1n) is 30.8. The maximum atomic E-state index is 7.22. The number of ether oxygens (including phenoxy) is 1. The van der Waals surface area contributed by atoms with Crippen LogP contribution in [0.2, 0.25) is 0 Å². The third kappa shape index (κ3) is 10.6. The zero-order valence-electron chi connectivity index (χ0n) is 53.3. The Morgan fingerprint density at radius 3 is 1.45 bits per heavy atom. The second kappa shape index (κ2) is 21.5. The number of pyridine rings is 1. The van der Waals surface area contributed by atoms with E-state index in [1.54, 1.807) is 0 Å². The molecule has 6 heteroatoms. The van der Waals surface area contributed by atoms with Crippen LogP contribution in [0.3, 0.4) is 0 Å². The van der Waals surface area contributed by atoms with Crippen LogP contribution in [0.25, 0.3) is 22.3 Å². The second-order valence-electron chi connectivity index (χ2n) is 29.1. The van der Waals surface area contributed by atoms with E-state index in [0.717, 1.165) is 45.8 Å². The highest BCUT2D eigenvalue weighted by Crippen LogP contribution is 2.53. The van der Waals surface area contributed by atoms with Gasteiger partial charge >= 0.3 is 0 Å². The van der Waals surface area contributed by atoms with Crippen molar-refractivity contribution in [3.63, 3.8) is 0 Å². The highest BCUT2D eigenvalue weighted by molar-refractivity contribution is 7.21. The van der Waals surface area contributed by atoms with Crippen LogP contribution < -0.4 is 40.2 Å². The minimum absolute atomic E-state index is 0.0385. The molecule has 0 spiro atoms. The number of fused-ring (bicyclic) bond motifs is 3. The van der Waals surface area contributed by atoms with Crippen LogP contribution in [0.15, 0.2) is 225 Å². The van der Waals surface area contributed by atoms with Crippen LogP contribution in [-0.2, 0) is 27.1 Å². The standard InChI is InChI=1S/C80H84N4OSi/c1-76(2,3)56-29-26-28-54(44-56)66-48-60(80(13,14)15)49-67(55-45-58(78(7,8)9)47-59(46-55)79(10,11)12)75(66)83-53-82(68-36-22-23-37-69(68)83)61-30-27-31-62(51-61)85-63-40-41-73-71(52-63)84(74-50-57(42-43-81-74)77(4,5)6)70-38-24-25-39-72(70)86(73,64-32-18-16-19-33-64)65-34-20-17-21-35-65/h16-52H,53H2,1-15H3. The van der Waals surface area contributed by atoms with Gasteiger partial charge in [0, 0.05) is 40.8 Å². The van der Waals surface area contributed by atoms with Gasteiger partial charge in [-0.3, -0.25) is 4.90 Å². The molecule has 0 saturated heterocycles. The number of hydrogen-bond donors (Lipinski definition) is 0. The molecule has 0 aliphatic carbocycles. The first kappa shape index (κ1) is 58.0. The second-order valence-corrected chi connectivity index (χ2v) is 32.8. The number of nitrogens with zero attached hydrogens (tertiary/aromatic N) is 4. The van der Waals surface area contributed by atoms with Gasteiger partial charge in [-0.15, -0.1) is 0 Å². The summed E-state index contributed by atoms with van der Waals surface area (Å²) in [5, 5.41) is 5.26. The Balaban J connectivity index is 1.01. The molecule has 12 rings (SSSR count). The van der Waals surface area contributed by atoms with E-state index in [4.69, 9.17) is 9.72 Å². The number of rotatable bonds is 9. The van der Waals surface area contributed by atoms with Crippen LogP contribution in [-0.4, -0.2) is 19.7 Å². The predicted octanol–water partition coefficient (Wildman–Crippen LogP) is 19.1. The molecule has 0 unspecified atom stereocenters. The van der Waals surface area contributed by atoms with Gasteiger partial charge in [0.05, 0.1) is 22.7 Å². The minimum Gasteiger partial charge on any atom is -0.457 e. The number of anilines is 7. The summed E-state index contributed by atoms with van der Waals surface area (Å²) in [6.45, 7) is 35.4. The third-order valence-electron chi connectivity index (χ3n) is 17.8. The number of aromatic nitrogens is 1. The highest BCUT2D eigenvalue weighted by atomic mass is 28.3. The summed E-state index contributed by atoms with van der Waals surface area (Å²) >= 11 is 0. The fourth-order valence-electron chi connectivity index (χ4n) is 12.8. The molecular weight excluding hydrogens is 1060 g/mol. The van der Waals surface area contributed by atoms with Gasteiger partial charge in [-0.1, -0.05) is 249 Å². The maximum absolute atomic E-state index is 7.22. The summed E-state index contributed by atoms with van der Waals surface area (Å²) in [5.74, 6) is 2.39. The van der Waals surface area contributed by atoms with Crippen molar-refractivity contribution in [3.05, 3.63) is 252 Å². The lowest BCUT2D eigenvalue weighted by Gasteiger charge is -2.44. The fraction of sp³-hybridized carbons (Fsp3) is 0.263. The molecule has 86 heavy (non-hydrogen) atoms. The molecule has 0 N–H and O–H groups in total. The predicted molar refractivity (Wildman–Crippen MR) is 369 cm³/mol. The van der Waals surface area contributed by atoms with Gasteiger partial charge in [0.25, 0.3) is 0 Å². The van der Waals surface area contributed by atoms with Crippen LogP contribution in [0.5, 0.6) is 11.5 Å². The van der Waals surface area contributed by atoms with Crippen molar-refractivity contribution >= 4 is 68.8 Å². The van der Waals surface area contributed by atoms with Crippen molar-refractivity contribution in [2.45, 2.75) is 131 Å². The smallest absolute Gasteiger partial charge is 0.184 e. The Kier molecular flexibility index (Phi) is 14.5. The van der Waals surface area contributed by atoms with Gasteiger partial charge in [0.1, 0.15) is 24.0 Å². The van der Waals surface area contributed by atoms with Crippen LogP contribution in [0.4, 0.5) is 39.9 Å². The van der Waals surface area contributed by atoms with Gasteiger partial charge in [-0.25, -0.2) is 4.98 Å². The topological polar surface area (TPSA) is 31.8 Å². The molecule has 0 saturated carbocycles. The lowest BCUT2D eigenvalue weighted by molar-refractivity contribution is 0.483.